The van der Waals surface area contributed by atoms with Crippen LogP contribution in [0.25, 0.3) is 0 Å². The van der Waals surface area contributed by atoms with E-state index < -0.39 is 15.6 Å². The van der Waals surface area contributed by atoms with E-state index in [4.69, 9.17) is 5.73 Å². The molecule has 0 aliphatic rings. The van der Waals surface area contributed by atoms with Gasteiger partial charge in [0.25, 0.3) is 0 Å². The van der Waals surface area contributed by atoms with Crippen LogP contribution in [0, 0.1) is 0 Å². The molecule has 6 nitrogen and oxygen atoms in total. The van der Waals surface area contributed by atoms with Gasteiger partial charge in [0, 0.05) is 19.1 Å². The van der Waals surface area contributed by atoms with Crippen molar-refractivity contribution in [2.75, 3.05) is 20.1 Å². The van der Waals surface area contributed by atoms with Crippen LogP contribution in [-0.4, -0.2) is 44.3 Å². The smallest absolute Gasteiger partial charge is 0.243 e. The average Bonchev–Trinajstić information content (AvgIpc) is 2.53. The van der Waals surface area contributed by atoms with Gasteiger partial charge in [-0.05, 0) is 25.0 Å². The van der Waals surface area contributed by atoms with Crippen molar-refractivity contribution in [3.05, 3.63) is 30.3 Å². The molecule has 1 aromatic carbocycles. The predicted octanol–water partition coefficient (Wildman–Crippen LogP) is 0.941. The van der Waals surface area contributed by atoms with Gasteiger partial charge < -0.3 is 11.1 Å². The van der Waals surface area contributed by atoms with Crippen LogP contribution in [0.2, 0.25) is 0 Å². The highest BCUT2D eigenvalue weighted by Gasteiger charge is 2.24. The van der Waals surface area contributed by atoms with Gasteiger partial charge in [-0.1, -0.05) is 32.0 Å². The van der Waals surface area contributed by atoms with Crippen molar-refractivity contribution >= 4 is 15.9 Å². The molecule has 1 amide bonds. The maximum absolute atomic E-state index is 12.3. The summed E-state index contributed by atoms with van der Waals surface area (Å²) >= 11 is 0. The number of sulfonamides is 1. The molecule has 0 aliphatic carbocycles. The summed E-state index contributed by atoms with van der Waals surface area (Å²) in [6.45, 7) is 4.02. The second kappa shape index (κ2) is 7.71. The quantitative estimate of drug-likeness (QED) is 0.743. The van der Waals surface area contributed by atoms with Crippen molar-refractivity contribution in [2.45, 2.75) is 37.1 Å². The van der Waals surface area contributed by atoms with Crippen LogP contribution in [0.1, 0.15) is 26.7 Å². The third kappa shape index (κ3) is 4.79. The van der Waals surface area contributed by atoms with Crippen molar-refractivity contribution in [2.24, 2.45) is 5.73 Å². The van der Waals surface area contributed by atoms with Gasteiger partial charge >= 0.3 is 0 Å². The summed E-state index contributed by atoms with van der Waals surface area (Å²) < 4.78 is 25.6. The van der Waals surface area contributed by atoms with Gasteiger partial charge in [0.2, 0.25) is 15.9 Å². The fraction of sp³-hybridized carbons (Fsp3) is 0.533. The van der Waals surface area contributed by atoms with Crippen LogP contribution in [0.5, 0.6) is 0 Å². The van der Waals surface area contributed by atoms with Crippen molar-refractivity contribution < 1.29 is 13.2 Å². The van der Waals surface area contributed by atoms with Crippen molar-refractivity contribution in [3.8, 4) is 0 Å². The number of carbonyl (C=O) groups is 1. The molecule has 0 spiro atoms. The van der Waals surface area contributed by atoms with Crippen LogP contribution in [0.15, 0.2) is 35.2 Å². The summed E-state index contributed by atoms with van der Waals surface area (Å²) in [5, 5.41) is 2.71. The Labute approximate surface area is 132 Å². The van der Waals surface area contributed by atoms with Crippen LogP contribution >= 0.6 is 0 Å². The average molecular weight is 327 g/mol. The second-order valence-corrected chi connectivity index (χ2v) is 7.47. The molecular weight excluding hydrogens is 302 g/mol. The number of benzene rings is 1. The highest BCUT2D eigenvalue weighted by molar-refractivity contribution is 7.89. The van der Waals surface area contributed by atoms with Crippen molar-refractivity contribution in [1.29, 1.82) is 0 Å². The Morgan fingerprint density at radius 3 is 2.27 bits per heavy atom. The number of nitrogens with one attached hydrogen (secondary N) is 1. The Morgan fingerprint density at radius 1 is 1.23 bits per heavy atom. The van der Waals surface area contributed by atoms with Crippen molar-refractivity contribution in [1.82, 2.24) is 9.62 Å². The molecule has 0 bridgehead atoms. The van der Waals surface area contributed by atoms with Crippen LogP contribution in [0.4, 0.5) is 0 Å². The molecule has 0 saturated carbocycles. The van der Waals surface area contributed by atoms with E-state index in [0.717, 1.165) is 17.1 Å². The molecule has 7 heteroatoms. The van der Waals surface area contributed by atoms with E-state index in [0.29, 0.717) is 6.54 Å². The number of amides is 1. The van der Waals surface area contributed by atoms with Gasteiger partial charge in [0.1, 0.15) is 0 Å². The fourth-order valence-electron chi connectivity index (χ4n) is 1.89. The Morgan fingerprint density at radius 2 is 1.77 bits per heavy atom. The highest BCUT2D eigenvalue weighted by atomic mass is 32.2. The molecule has 0 aromatic heterocycles. The first-order chi connectivity index (χ1) is 10.2. The van der Waals surface area contributed by atoms with E-state index in [2.05, 4.69) is 5.32 Å². The third-order valence-electron chi connectivity index (χ3n) is 3.86. The van der Waals surface area contributed by atoms with Crippen LogP contribution in [-0.2, 0) is 14.8 Å². The van der Waals surface area contributed by atoms with Gasteiger partial charge in [-0.25, -0.2) is 8.42 Å². The first-order valence-corrected chi connectivity index (χ1v) is 8.76. The summed E-state index contributed by atoms with van der Waals surface area (Å²) in [6, 6.07) is 8.03. The Kier molecular flexibility index (Phi) is 6.52. The summed E-state index contributed by atoms with van der Waals surface area (Å²) in [5.41, 5.74) is 5.65. The molecule has 0 saturated heterocycles. The minimum Gasteiger partial charge on any atom is -0.353 e. The monoisotopic (exact) mass is 327 g/mol. The molecule has 0 unspecified atom stereocenters. The van der Waals surface area contributed by atoms with E-state index in [9.17, 15) is 13.2 Å². The fourth-order valence-corrected chi connectivity index (χ4v) is 3.04. The lowest BCUT2D eigenvalue weighted by Crippen LogP contribution is -2.51. The Bertz CT molecular complexity index is 583. The molecule has 1 rings (SSSR count). The molecule has 22 heavy (non-hydrogen) atoms. The number of rotatable bonds is 8. The Balaban J connectivity index is 2.65. The predicted molar refractivity (Wildman–Crippen MR) is 86.8 cm³/mol. The lowest BCUT2D eigenvalue weighted by atomic mass is 9.94. The normalized spacial score (nSPS) is 12.4. The summed E-state index contributed by atoms with van der Waals surface area (Å²) in [4.78, 5) is 12.1. The van der Waals surface area contributed by atoms with E-state index in [-0.39, 0.29) is 17.3 Å². The molecule has 0 aliphatic heterocycles. The van der Waals surface area contributed by atoms with Crippen LogP contribution in [0.3, 0.4) is 0 Å². The molecule has 0 atom stereocenters. The van der Waals surface area contributed by atoms with Gasteiger partial charge in [-0.3, -0.25) is 4.79 Å². The summed E-state index contributed by atoms with van der Waals surface area (Å²) in [7, 11) is -2.27. The summed E-state index contributed by atoms with van der Waals surface area (Å²) in [6.07, 6.45) is 1.48. The SMILES string of the molecule is CCC(N)(CC)CNC(=O)CN(C)S(=O)(=O)c1ccccc1. The van der Waals surface area contributed by atoms with Gasteiger partial charge in [0.15, 0.2) is 0 Å². The van der Waals surface area contributed by atoms with Gasteiger partial charge in [-0.15, -0.1) is 0 Å². The zero-order valence-corrected chi connectivity index (χ0v) is 14.2. The number of hydrogen-bond donors (Lipinski definition) is 2. The molecule has 0 radical (unpaired) electrons. The van der Waals surface area contributed by atoms with E-state index in [1.807, 2.05) is 13.8 Å². The molecular formula is C15H25N3O3S. The number of likely N-dealkylation sites (N-methyl/N-ethyl adjacent to an activating group) is 1. The minimum absolute atomic E-state index is 0.167. The third-order valence-corrected chi connectivity index (χ3v) is 5.68. The first kappa shape index (κ1) is 18.6. The zero-order valence-electron chi connectivity index (χ0n) is 13.4. The summed E-state index contributed by atoms with van der Waals surface area (Å²) in [5.74, 6) is -0.362. The lowest BCUT2D eigenvalue weighted by molar-refractivity contribution is -0.121. The first-order valence-electron chi connectivity index (χ1n) is 7.32. The van der Waals surface area contributed by atoms with Gasteiger partial charge in [-0.2, -0.15) is 4.31 Å². The number of carbonyl (C=O) groups excluding carboxylic acids is 1. The molecule has 3 N–H and O–H groups in total. The second-order valence-electron chi connectivity index (χ2n) is 5.42. The van der Waals surface area contributed by atoms with E-state index >= 15 is 0 Å². The minimum atomic E-state index is -3.66. The maximum atomic E-state index is 12.3. The highest BCUT2D eigenvalue weighted by Crippen LogP contribution is 2.13. The maximum Gasteiger partial charge on any atom is 0.243 e. The Hall–Kier alpha value is -1.44. The van der Waals surface area contributed by atoms with Gasteiger partial charge in [0.05, 0.1) is 11.4 Å². The van der Waals surface area contributed by atoms with E-state index in [1.165, 1.54) is 19.2 Å². The zero-order chi connectivity index (χ0) is 16.8. The number of nitrogens with zero attached hydrogens (tertiary/aromatic N) is 1. The lowest BCUT2D eigenvalue weighted by Gasteiger charge is -2.27. The molecule has 1 aromatic rings. The van der Waals surface area contributed by atoms with Crippen LogP contribution < -0.4 is 11.1 Å². The largest absolute Gasteiger partial charge is 0.353 e. The topological polar surface area (TPSA) is 92.5 Å². The molecule has 0 heterocycles. The number of hydrogen-bond acceptors (Lipinski definition) is 4. The molecule has 0 fully saturated rings. The molecule has 124 valence electrons. The van der Waals surface area contributed by atoms with E-state index in [1.54, 1.807) is 18.2 Å². The standard InChI is InChI=1S/C15H25N3O3S/c1-4-15(16,5-2)12-17-14(19)11-18(3)22(20,21)13-9-7-6-8-10-13/h6-10H,4-5,11-12,16H2,1-3H3,(H,17,19). The number of nitrogens with two attached hydrogens (primary N) is 1. The van der Waals surface area contributed by atoms with Crippen molar-refractivity contribution in [3.63, 3.8) is 0 Å².